The molecule has 2 rings (SSSR count). The molecule has 2 unspecified atom stereocenters. The first-order valence-electron chi connectivity index (χ1n) is 8.10. The Hall–Kier alpha value is -1.58. The second kappa shape index (κ2) is 6.92. The lowest BCUT2D eigenvalue weighted by Crippen LogP contribution is -2.44. The Bertz CT molecular complexity index is 501. The summed E-state index contributed by atoms with van der Waals surface area (Å²) >= 11 is 0. The summed E-state index contributed by atoms with van der Waals surface area (Å²) in [6.45, 7) is 10.2. The average Bonchev–Trinajstić information content (AvgIpc) is 2.46. The van der Waals surface area contributed by atoms with Crippen LogP contribution in [0.15, 0.2) is 12.1 Å². The number of rotatable bonds is 4. The number of nitrogens with zero attached hydrogens (tertiary/aromatic N) is 2. The third-order valence-electron chi connectivity index (χ3n) is 4.24. The average molecular weight is 289 g/mol. The number of hydrogen-bond acceptors (Lipinski definition) is 3. The van der Waals surface area contributed by atoms with Crippen LogP contribution in [-0.4, -0.2) is 34.9 Å². The first-order valence-corrected chi connectivity index (χ1v) is 8.10. The normalized spacial score (nSPS) is 22.2. The van der Waals surface area contributed by atoms with Crippen LogP contribution in [0.5, 0.6) is 0 Å². The molecule has 1 N–H and O–H groups in total. The molecule has 0 spiro atoms. The molecule has 1 amide bonds. The number of carbonyl (C=O) groups excluding carboxylic acids is 1. The highest BCUT2D eigenvalue weighted by Gasteiger charge is 2.27. The smallest absolute Gasteiger partial charge is 0.254 e. The fraction of sp³-hybridized carbons (Fsp3) is 0.647. The number of aromatic nitrogens is 1. The zero-order chi connectivity index (χ0) is 15.4. The van der Waals surface area contributed by atoms with Crippen molar-refractivity contribution < 1.29 is 4.79 Å². The van der Waals surface area contributed by atoms with E-state index >= 15 is 0 Å². The van der Waals surface area contributed by atoms with Crippen molar-refractivity contribution in [1.29, 1.82) is 0 Å². The van der Waals surface area contributed by atoms with Gasteiger partial charge in [-0.1, -0.05) is 13.8 Å². The number of anilines is 1. The highest BCUT2D eigenvalue weighted by molar-refractivity contribution is 5.95. The van der Waals surface area contributed by atoms with Crippen molar-refractivity contribution in [2.75, 3.05) is 18.4 Å². The van der Waals surface area contributed by atoms with Gasteiger partial charge in [0.1, 0.15) is 5.82 Å². The molecule has 0 bridgehead atoms. The molecule has 1 aromatic heterocycles. The standard InChI is InChI=1S/C17H27N3O/c1-5-15-10-14(11-16(19-15)18-6-2)17(21)20-8-7-12(3)9-13(20)4/h10-13H,5-9H2,1-4H3,(H,18,19). The topological polar surface area (TPSA) is 45.2 Å². The zero-order valence-electron chi connectivity index (χ0n) is 13.6. The van der Waals surface area contributed by atoms with Crippen LogP contribution in [0.1, 0.15) is 56.6 Å². The lowest BCUT2D eigenvalue weighted by atomic mass is 9.93. The third-order valence-corrected chi connectivity index (χ3v) is 4.24. The molecule has 116 valence electrons. The van der Waals surface area contributed by atoms with E-state index in [1.54, 1.807) is 0 Å². The van der Waals surface area contributed by atoms with E-state index in [2.05, 4.69) is 31.1 Å². The predicted molar refractivity (Wildman–Crippen MR) is 86.7 cm³/mol. The SMILES string of the molecule is CCNc1cc(C(=O)N2CCC(C)CC2C)cc(CC)n1. The van der Waals surface area contributed by atoms with E-state index in [4.69, 9.17) is 0 Å². The van der Waals surface area contributed by atoms with Gasteiger partial charge in [0.25, 0.3) is 5.91 Å². The minimum atomic E-state index is 0.144. The molecule has 1 fully saturated rings. The van der Waals surface area contributed by atoms with Gasteiger partial charge in [-0.2, -0.15) is 0 Å². The molecule has 1 aliphatic heterocycles. The largest absolute Gasteiger partial charge is 0.370 e. The quantitative estimate of drug-likeness (QED) is 0.924. The number of piperidine rings is 1. The van der Waals surface area contributed by atoms with E-state index < -0.39 is 0 Å². The van der Waals surface area contributed by atoms with Crippen LogP contribution >= 0.6 is 0 Å². The Morgan fingerprint density at radius 1 is 1.38 bits per heavy atom. The molecule has 0 aliphatic carbocycles. The third kappa shape index (κ3) is 3.74. The monoisotopic (exact) mass is 289 g/mol. The maximum absolute atomic E-state index is 12.8. The van der Waals surface area contributed by atoms with Crippen LogP contribution in [0.25, 0.3) is 0 Å². The van der Waals surface area contributed by atoms with Crippen molar-refractivity contribution in [2.24, 2.45) is 5.92 Å². The van der Waals surface area contributed by atoms with E-state index in [9.17, 15) is 4.79 Å². The second-order valence-corrected chi connectivity index (χ2v) is 6.09. The molecule has 1 aliphatic rings. The van der Waals surface area contributed by atoms with Gasteiger partial charge in [-0.3, -0.25) is 4.79 Å². The summed E-state index contributed by atoms with van der Waals surface area (Å²) in [5.41, 5.74) is 1.73. The number of nitrogens with one attached hydrogen (secondary N) is 1. The lowest BCUT2D eigenvalue weighted by Gasteiger charge is -2.36. The zero-order valence-corrected chi connectivity index (χ0v) is 13.6. The van der Waals surface area contributed by atoms with Crippen molar-refractivity contribution in [3.05, 3.63) is 23.4 Å². The number of likely N-dealkylation sites (tertiary alicyclic amines) is 1. The van der Waals surface area contributed by atoms with Crippen LogP contribution in [0, 0.1) is 5.92 Å². The number of aryl methyl sites for hydroxylation is 1. The van der Waals surface area contributed by atoms with Crippen LogP contribution in [0.4, 0.5) is 5.82 Å². The van der Waals surface area contributed by atoms with Gasteiger partial charge in [0.05, 0.1) is 0 Å². The van der Waals surface area contributed by atoms with Crippen molar-refractivity contribution >= 4 is 11.7 Å². The van der Waals surface area contributed by atoms with Gasteiger partial charge in [-0.25, -0.2) is 4.98 Å². The number of carbonyl (C=O) groups is 1. The molecular formula is C17H27N3O. The van der Waals surface area contributed by atoms with Gasteiger partial charge in [-0.15, -0.1) is 0 Å². The molecule has 4 nitrogen and oxygen atoms in total. The molecule has 21 heavy (non-hydrogen) atoms. The Labute approximate surface area is 127 Å². The van der Waals surface area contributed by atoms with E-state index in [0.717, 1.165) is 49.4 Å². The van der Waals surface area contributed by atoms with E-state index in [-0.39, 0.29) is 5.91 Å². The number of amides is 1. The molecule has 1 saturated heterocycles. The summed E-state index contributed by atoms with van der Waals surface area (Å²) in [6, 6.07) is 4.14. The van der Waals surface area contributed by atoms with Crippen LogP contribution in [0.2, 0.25) is 0 Å². The fourth-order valence-corrected chi connectivity index (χ4v) is 3.04. The van der Waals surface area contributed by atoms with Gasteiger partial charge in [0.15, 0.2) is 0 Å². The van der Waals surface area contributed by atoms with Crippen molar-refractivity contribution in [3.8, 4) is 0 Å². The fourth-order valence-electron chi connectivity index (χ4n) is 3.04. The van der Waals surface area contributed by atoms with E-state index in [0.29, 0.717) is 12.0 Å². The summed E-state index contributed by atoms with van der Waals surface area (Å²) in [6.07, 6.45) is 3.03. The van der Waals surface area contributed by atoms with Gasteiger partial charge < -0.3 is 10.2 Å². The predicted octanol–water partition coefficient (Wildman–Crippen LogP) is 3.34. The Morgan fingerprint density at radius 3 is 2.76 bits per heavy atom. The highest BCUT2D eigenvalue weighted by Crippen LogP contribution is 2.24. The molecule has 4 heteroatoms. The van der Waals surface area contributed by atoms with Gasteiger partial charge in [0.2, 0.25) is 0 Å². The number of pyridine rings is 1. The van der Waals surface area contributed by atoms with E-state index in [1.165, 1.54) is 0 Å². The summed E-state index contributed by atoms with van der Waals surface area (Å²) in [4.78, 5) is 19.3. The van der Waals surface area contributed by atoms with Crippen LogP contribution < -0.4 is 5.32 Å². The van der Waals surface area contributed by atoms with Crippen molar-refractivity contribution in [2.45, 2.75) is 53.0 Å². The van der Waals surface area contributed by atoms with Crippen LogP contribution in [-0.2, 0) is 6.42 Å². The molecule has 1 aromatic rings. The van der Waals surface area contributed by atoms with Gasteiger partial charge >= 0.3 is 0 Å². The van der Waals surface area contributed by atoms with Crippen LogP contribution in [0.3, 0.4) is 0 Å². The molecule has 2 heterocycles. The molecular weight excluding hydrogens is 262 g/mol. The van der Waals surface area contributed by atoms with Crippen molar-refractivity contribution in [3.63, 3.8) is 0 Å². The summed E-state index contributed by atoms with van der Waals surface area (Å²) < 4.78 is 0. The Balaban J connectivity index is 2.23. The second-order valence-electron chi connectivity index (χ2n) is 6.09. The molecule has 0 aromatic carbocycles. The molecule has 2 atom stereocenters. The summed E-state index contributed by atoms with van der Waals surface area (Å²) in [5, 5.41) is 3.22. The maximum Gasteiger partial charge on any atom is 0.254 e. The maximum atomic E-state index is 12.8. The number of hydrogen-bond donors (Lipinski definition) is 1. The lowest BCUT2D eigenvalue weighted by molar-refractivity contribution is 0.0588. The van der Waals surface area contributed by atoms with Gasteiger partial charge in [-0.05, 0) is 51.2 Å². The summed E-state index contributed by atoms with van der Waals surface area (Å²) in [7, 11) is 0. The van der Waals surface area contributed by atoms with Crippen molar-refractivity contribution in [1.82, 2.24) is 9.88 Å². The van der Waals surface area contributed by atoms with E-state index in [1.807, 2.05) is 24.0 Å². The Kier molecular flexibility index (Phi) is 5.21. The molecule has 0 radical (unpaired) electrons. The minimum absolute atomic E-state index is 0.144. The summed E-state index contributed by atoms with van der Waals surface area (Å²) in [5.74, 6) is 1.66. The highest BCUT2D eigenvalue weighted by atomic mass is 16.2. The molecule has 0 saturated carbocycles. The Morgan fingerprint density at radius 2 is 2.14 bits per heavy atom. The first kappa shape index (κ1) is 15.8. The first-order chi connectivity index (χ1) is 10.0. The van der Waals surface area contributed by atoms with Gasteiger partial charge in [0, 0.05) is 30.4 Å². The minimum Gasteiger partial charge on any atom is -0.370 e.